The van der Waals surface area contributed by atoms with E-state index in [1.54, 1.807) is 19.1 Å². The Labute approximate surface area is 182 Å². The lowest BCUT2D eigenvalue weighted by atomic mass is 9.73. The first-order valence-corrected chi connectivity index (χ1v) is 11.1. The summed E-state index contributed by atoms with van der Waals surface area (Å²) in [5.41, 5.74) is 2.95. The minimum Gasteiger partial charge on any atom is -0.486 e. The topological polar surface area (TPSA) is 67.9 Å². The third-order valence-electron chi connectivity index (χ3n) is 6.82. The van der Waals surface area contributed by atoms with Crippen molar-refractivity contribution in [2.24, 2.45) is 0 Å². The molecule has 2 aromatic carbocycles. The van der Waals surface area contributed by atoms with E-state index >= 15 is 0 Å². The number of carbonyl (C=O) groups excluding carboxylic acids is 2. The molecule has 6 heteroatoms. The number of ether oxygens (including phenoxy) is 2. The Bertz CT molecular complexity index is 998. The molecule has 1 atom stereocenters. The number of amides is 2. The molecule has 2 heterocycles. The third-order valence-corrected chi connectivity index (χ3v) is 6.82. The van der Waals surface area contributed by atoms with E-state index in [1.807, 2.05) is 23.1 Å². The normalized spacial score (nSPS) is 19.6. The maximum atomic E-state index is 13.4. The Morgan fingerprint density at radius 1 is 1.03 bits per heavy atom. The number of hydrogen-bond donors (Lipinski definition) is 1. The van der Waals surface area contributed by atoms with E-state index in [0.717, 1.165) is 42.7 Å². The zero-order valence-corrected chi connectivity index (χ0v) is 17.9. The number of nitrogens with one attached hydrogen (secondary N) is 1. The maximum absolute atomic E-state index is 13.4. The molecular weight excluding hydrogens is 392 g/mol. The number of nitrogens with zero attached hydrogens (tertiary/aromatic N) is 1. The molecule has 0 saturated heterocycles. The molecule has 1 N–H and O–H groups in total. The minimum atomic E-state index is -0.593. The Morgan fingerprint density at radius 2 is 1.71 bits per heavy atom. The van der Waals surface area contributed by atoms with E-state index in [0.29, 0.717) is 31.9 Å². The second-order valence-corrected chi connectivity index (χ2v) is 8.90. The molecule has 1 spiro atoms. The van der Waals surface area contributed by atoms with Crippen LogP contribution in [0.4, 0.5) is 0 Å². The first-order chi connectivity index (χ1) is 15.1. The summed E-state index contributed by atoms with van der Waals surface area (Å²) < 4.78 is 11.6. The standard InChI is InChI=1S/C25H28N2O4/c1-17(26-23(28)18-7-3-2-4-8-18)24(29)27-15-19-13-21-22(31-12-11-30-21)14-20(19)25(16-27)9-5-6-10-25/h2-4,7-8,13-14,17H,5-6,9-12,15-16H2,1H3,(H,26,28). The number of rotatable bonds is 3. The highest BCUT2D eigenvalue weighted by Crippen LogP contribution is 2.49. The van der Waals surface area contributed by atoms with Gasteiger partial charge in [0.25, 0.3) is 5.91 Å². The van der Waals surface area contributed by atoms with Gasteiger partial charge < -0.3 is 19.7 Å². The van der Waals surface area contributed by atoms with Crippen LogP contribution in [0.25, 0.3) is 0 Å². The predicted molar refractivity (Wildman–Crippen MR) is 116 cm³/mol. The molecule has 1 fully saturated rings. The van der Waals surface area contributed by atoms with Crippen molar-refractivity contribution in [2.75, 3.05) is 19.8 Å². The molecule has 2 aliphatic heterocycles. The highest BCUT2D eigenvalue weighted by molar-refractivity contribution is 5.97. The van der Waals surface area contributed by atoms with E-state index in [1.165, 1.54) is 5.56 Å². The second kappa shape index (κ2) is 7.91. The fourth-order valence-electron chi connectivity index (χ4n) is 5.31. The van der Waals surface area contributed by atoms with Gasteiger partial charge in [-0.05, 0) is 55.2 Å². The molecule has 1 unspecified atom stereocenters. The lowest BCUT2D eigenvalue weighted by molar-refractivity contribution is -0.135. The highest BCUT2D eigenvalue weighted by atomic mass is 16.6. The van der Waals surface area contributed by atoms with Gasteiger partial charge in [0.2, 0.25) is 5.91 Å². The van der Waals surface area contributed by atoms with Gasteiger partial charge in [-0.15, -0.1) is 0 Å². The Hall–Kier alpha value is -3.02. The largest absolute Gasteiger partial charge is 0.486 e. The van der Waals surface area contributed by atoms with Gasteiger partial charge in [-0.3, -0.25) is 9.59 Å². The quantitative estimate of drug-likeness (QED) is 0.826. The van der Waals surface area contributed by atoms with Crippen molar-refractivity contribution >= 4 is 11.8 Å². The fourth-order valence-corrected chi connectivity index (χ4v) is 5.31. The second-order valence-electron chi connectivity index (χ2n) is 8.90. The monoisotopic (exact) mass is 420 g/mol. The summed E-state index contributed by atoms with van der Waals surface area (Å²) >= 11 is 0. The van der Waals surface area contributed by atoms with Crippen molar-refractivity contribution in [3.05, 3.63) is 59.2 Å². The van der Waals surface area contributed by atoms with E-state index in [2.05, 4.69) is 17.4 Å². The molecular formula is C25H28N2O4. The molecule has 0 bridgehead atoms. The van der Waals surface area contributed by atoms with E-state index in [-0.39, 0.29) is 17.2 Å². The third kappa shape index (κ3) is 3.64. The average molecular weight is 421 g/mol. The number of fused-ring (bicyclic) bond motifs is 3. The first-order valence-electron chi connectivity index (χ1n) is 11.1. The smallest absolute Gasteiger partial charge is 0.251 e. The summed E-state index contributed by atoms with van der Waals surface area (Å²) in [5.74, 6) is 1.31. The lowest BCUT2D eigenvalue weighted by Crippen LogP contribution is -2.53. The van der Waals surface area contributed by atoms with Crippen LogP contribution in [0.3, 0.4) is 0 Å². The number of benzene rings is 2. The van der Waals surface area contributed by atoms with Crippen molar-refractivity contribution in [1.82, 2.24) is 10.2 Å². The zero-order chi connectivity index (χ0) is 21.4. The molecule has 162 valence electrons. The molecule has 3 aliphatic rings. The summed E-state index contributed by atoms with van der Waals surface area (Å²) in [4.78, 5) is 27.8. The van der Waals surface area contributed by atoms with Crippen LogP contribution in [-0.2, 0) is 16.8 Å². The van der Waals surface area contributed by atoms with Gasteiger partial charge in [0, 0.05) is 24.1 Å². The summed E-state index contributed by atoms with van der Waals surface area (Å²) in [5, 5.41) is 2.87. The van der Waals surface area contributed by atoms with Crippen molar-refractivity contribution < 1.29 is 19.1 Å². The molecule has 6 nitrogen and oxygen atoms in total. The molecule has 31 heavy (non-hydrogen) atoms. The van der Waals surface area contributed by atoms with Gasteiger partial charge in [0.1, 0.15) is 19.3 Å². The molecule has 1 aliphatic carbocycles. The Kier molecular flexibility index (Phi) is 5.08. The highest BCUT2D eigenvalue weighted by Gasteiger charge is 2.44. The number of carbonyl (C=O) groups is 2. The first kappa shape index (κ1) is 19.9. The summed E-state index contributed by atoms with van der Waals surface area (Å²) in [6, 6.07) is 12.6. The van der Waals surface area contributed by atoms with Gasteiger partial charge in [-0.25, -0.2) is 0 Å². The summed E-state index contributed by atoms with van der Waals surface area (Å²) in [6.07, 6.45) is 4.45. The molecule has 2 amide bonds. The number of hydrogen-bond acceptors (Lipinski definition) is 4. The predicted octanol–water partition coefficient (Wildman–Crippen LogP) is 3.43. The van der Waals surface area contributed by atoms with Crippen LogP contribution in [-0.4, -0.2) is 42.5 Å². The molecule has 0 radical (unpaired) electrons. The zero-order valence-electron chi connectivity index (χ0n) is 17.9. The van der Waals surface area contributed by atoms with E-state index in [9.17, 15) is 9.59 Å². The van der Waals surface area contributed by atoms with Crippen LogP contribution in [0, 0.1) is 0 Å². The molecule has 1 saturated carbocycles. The van der Waals surface area contributed by atoms with Gasteiger partial charge in [-0.2, -0.15) is 0 Å². The summed E-state index contributed by atoms with van der Waals surface area (Å²) in [6.45, 7) is 4.09. The van der Waals surface area contributed by atoms with Gasteiger partial charge >= 0.3 is 0 Å². The molecule has 2 aromatic rings. The van der Waals surface area contributed by atoms with Crippen molar-refractivity contribution in [2.45, 2.75) is 50.6 Å². The SMILES string of the molecule is CC(NC(=O)c1ccccc1)C(=O)N1Cc2cc3c(cc2C2(CCCC2)C1)OCCO3. The average Bonchev–Trinajstić information content (AvgIpc) is 3.26. The lowest BCUT2D eigenvalue weighted by Gasteiger charge is -2.43. The van der Waals surface area contributed by atoms with Crippen LogP contribution in [0.5, 0.6) is 11.5 Å². The van der Waals surface area contributed by atoms with E-state index in [4.69, 9.17) is 9.47 Å². The van der Waals surface area contributed by atoms with E-state index < -0.39 is 6.04 Å². The van der Waals surface area contributed by atoms with Crippen LogP contribution in [0.2, 0.25) is 0 Å². The van der Waals surface area contributed by atoms with Crippen LogP contribution in [0.15, 0.2) is 42.5 Å². The van der Waals surface area contributed by atoms with Crippen molar-refractivity contribution in [3.8, 4) is 11.5 Å². The Morgan fingerprint density at radius 3 is 2.42 bits per heavy atom. The molecule has 5 rings (SSSR count). The van der Waals surface area contributed by atoms with Crippen molar-refractivity contribution in [3.63, 3.8) is 0 Å². The summed E-state index contributed by atoms with van der Waals surface area (Å²) in [7, 11) is 0. The van der Waals surface area contributed by atoms with Gasteiger partial charge in [-0.1, -0.05) is 31.0 Å². The van der Waals surface area contributed by atoms with Crippen LogP contribution >= 0.6 is 0 Å². The molecule has 0 aromatic heterocycles. The Balaban J connectivity index is 1.39. The fraction of sp³-hybridized carbons (Fsp3) is 0.440. The van der Waals surface area contributed by atoms with Crippen molar-refractivity contribution in [1.29, 1.82) is 0 Å². The van der Waals surface area contributed by atoms with Gasteiger partial charge in [0.15, 0.2) is 11.5 Å². The maximum Gasteiger partial charge on any atom is 0.251 e. The van der Waals surface area contributed by atoms with Crippen LogP contribution in [0.1, 0.15) is 54.1 Å². The minimum absolute atomic E-state index is 0.0394. The van der Waals surface area contributed by atoms with Gasteiger partial charge in [0.05, 0.1) is 0 Å². The van der Waals surface area contributed by atoms with Crippen LogP contribution < -0.4 is 14.8 Å².